The molecular formula is C28H27N3O2. The quantitative estimate of drug-likeness (QED) is 0.567. The standard InChI is InChI=1S/C28H27N3O2/c1-20-13-14-24(19-21(20)2)31-27(32)25(22-9-5-3-6-10-22)26(28(31)33)30-17-15-29(16-18-30)23-11-7-4-8-12-23/h3-14,19H,15-18H2,1-2H3. The van der Waals surface area contributed by atoms with Crippen molar-refractivity contribution in [1.82, 2.24) is 4.90 Å². The maximum absolute atomic E-state index is 13.7. The Labute approximate surface area is 194 Å². The van der Waals surface area contributed by atoms with Gasteiger partial charge in [0.1, 0.15) is 5.70 Å². The highest BCUT2D eigenvalue weighted by molar-refractivity contribution is 6.45. The molecule has 0 spiro atoms. The first-order chi connectivity index (χ1) is 16.0. The smallest absolute Gasteiger partial charge is 0.282 e. The SMILES string of the molecule is Cc1ccc(N2C(=O)C(c3ccccc3)=C(N3CCN(c4ccccc4)CC3)C2=O)cc1C. The second kappa shape index (κ2) is 8.58. The fourth-order valence-electron chi connectivity index (χ4n) is 4.60. The molecule has 1 fully saturated rings. The van der Waals surface area contributed by atoms with Crippen molar-refractivity contribution in [2.45, 2.75) is 13.8 Å². The van der Waals surface area contributed by atoms with E-state index in [9.17, 15) is 9.59 Å². The molecule has 0 saturated carbocycles. The van der Waals surface area contributed by atoms with Crippen LogP contribution < -0.4 is 9.80 Å². The van der Waals surface area contributed by atoms with Gasteiger partial charge in [0.2, 0.25) is 0 Å². The van der Waals surface area contributed by atoms with Crippen molar-refractivity contribution in [3.8, 4) is 0 Å². The Morgan fingerprint density at radius 2 is 1.21 bits per heavy atom. The first-order valence-electron chi connectivity index (χ1n) is 11.4. The molecule has 0 aliphatic carbocycles. The third-order valence-corrected chi connectivity index (χ3v) is 6.59. The fourth-order valence-corrected chi connectivity index (χ4v) is 4.60. The average Bonchev–Trinajstić information content (AvgIpc) is 3.12. The van der Waals surface area contributed by atoms with E-state index in [0.717, 1.165) is 29.8 Å². The summed E-state index contributed by atoms with van der Waals surface area (Å²) >= 11 is 0. The van der Waals surface area contributed by atoms with Crippen molar-refractivity contribution >= 4 is 28.8 Å². The molecule has 5 heteroatoms. The molecule has 3 aromatic carbocycles. The Balaban J connectivity index is 1.50. The summed E-state index contributed by atoms with van der Waals surface area (Å²) in [6, 6.07) is 25.6. The summed E-state index contributed by atoms with van der Waals surface area (Å²) in [6.45, 7) is 6.97. The van der Waals surface area contributed by atoms with Gasteiger partial charge in [-0.1, -0.05) is 54.6 Å². The van der Waals surface area contributed by atoms with E-state index in [1.165, 1.54) is 10.6 Å². The van der Waals surface area contributed by atoms with Crippen LogP contribution in [-0.4, -0.2) is 42.9 Å². The van der Waals surface area contributed by atoms with Gasteiger partial charge in [0.05, 0.1) is 11.3 Å². The minimum absolute atomic E-state index is 0.240. The summed E-state index contributed by atoms with van der Waals surface area (Å²) in [6.07, 6.45) is 0. The van der Waals surface area contributed by atoms with Crippen LogP contribution in [-0.2, 0) is 9.59 Å². The summed E-state index contributed by atoms with van der Waals surface area (Å²) < 4.78 is 0. The summed E-state index contributed by atoms with van der Waals surface area (Å²) in [5.74, 6) is -0.495. The molecule has 33 heavy (non-hydrogen) atoms. The molecule has 2 heterocycles. The second-order valence-electron chi connectivity index (χ2n) is 8.61. The van der Waals surface area contributed by atoms with Gasteiger partial charge in [-0.25, -0.2) is 4.90 Å². The number of para-hydroxylation sites is 1. The van der Waals surface area contributed by atoms with Crippen molar-refractivity contribution in [2.24, 2.45) is 0 Å². The van der Waals surface area contributed by atoms with E-state index in [4.69, 9.17) is 0 Å². The summed E-state index contributed by atoms with van der Waals surface area (Å²) in [5, 5.41) is 0. The Morgan fingerprint density at radius 1 is 0.606 bits per heavy atom. The lowest BCUT2D eigenvalue weighted by atomic mass is 10.0. The number of piperazine rings is 1. The first kappa shape index (κ1) is 21.0. The van der Waals surface area contributed by atoms with Gasteiger partial charge in [0.15, 0.2) is 0 Å². The molecule has 0 atom stereocenters. The first-order valence-corrected chi connectivity index (χ1v) is 11.4. The molecule has 2 amide bonds. The molecule has 166 valence electrons. The Hall–Kier alpha value is -3.86. The molecule has 0 unspecified atom stereocenters. The number of hydrogen-bond acceptors (Lipinski definition) is 4. The van der Waals surface area contributed by atoms with Crippen LogP contribution in [0.1, 0.15) is 16.7 Å². The van der Waals surface area contributed by atoms with Crippen LogP contribution in [0, 0.1) is 13.8 Å². The van der Waals surface area contributed by atoms with Crippen molar-refractivity contribution in [3.63, 3.8) is 0 Å². The maximum atomic E-state index is 13.7. The predicted octanol–water partition coefficient (Wildman–Crippen LogP) is 4.41. The molecule has 1 saturated heterocycles. The van der Waals surface area contributed by atoms with Gasteiger partial charge < -0.3 is 9.80 Å². The van der Waals surface area contributed by atoms with Crippen LogP contribution in [0.25, 0.3) is 5.57 Å². The Bertz CT molecular complexity index is 1230. The summed E-state index contributed by atoms with van der Waals surface area (Å²) in [4.78, 5) is 33.1. The predicted molar refractivity (Wildman–Crippen MR) is 132 cm³/mol. The second-order valence-corrected chi connectivity index (χ2v) is 8.61. The van der Waals surface area contributed by atoms with Crippen LogP contribution in [0.2, 0.25) is 0 Å². The molecule has 0 aromatic heterocycles. The maximum Gasteiger partial charge on any atom is 0.282 e. The number of rotatable bonds is 4. The van der Waals surface area contributed by atoms with Gasteiger partial charge in [-0.2, -0.15) is 0 Å². The number of benzene rings is 3. The monoisotopic (exact) mass is 437 g/mol. The van der Waals surface area contributed by atoms with Crippen molar-refractivity contribution in [1.29, 1.82) is 0 Å². The molecule has 2 aliphatic rings. The number of carbonyl (C=O) groups excluding carboxylic acids is 2. The number of hydrogen-bond donors (Lipinski definition) is 0. The number of amides is 2. The van der Waals surface area contributed by atoms with Crippen LogP contribution in [0.15, 0.2) is 84.6 Å². The van der Waals surface area contributed by atoms with Crippen molar-refractivity contribution in [3.05, 3.63) is 101 Å². The molecule has 0 radical (unpaired) electrons. The van der Waals surface area contributed by atoms with E-state index < -0.39 is 0 Å². The number of anilines is 2. The third-order valence-electron chi connectivity index (χ3n) is 6.59. The molecule has 0 N–H and O–H groups in total. The van der Waals surface area contributed by atoms with E-state index >= 15 is 0 Å². The highest BCUT2D eigenvalue weighted by atomic mass is 16.2. The van der Waals surface area contributed by atoms with Gasteiger partial charge in [0, 0.05) is 31.9 Å². The number of nitrogens with zero attached hydrogens (tertiary/aromatic N) is 3. The Morgan fingerprint density at radius 3 is 1.85 bits per heavy atom. The van der Waals surface area contributed by atoms with Crippen LogP contribution in [0.5, 0.6) is 0 Å². The zero-order valence-corrected chi connectivity index (χ0v) is 19.0. The number of aryl methyl sites for hydroxylation is 2. The Kier molecular flexibility index (Phi) is 5.47. The number of carbonyl (C=O) groups is 2. The van der Waals surface area contributed by atoms with Gasteiger partial charge in [-0.05, 0) is 54.8 Å². The third kappa shape index (κ3) is 3.80. The minimum Gasteiger partial charge on any atom is -0.368 e. The highest BCUT2D eigenvalue weighted by Gasteiger charge is 2.43. The molecule has 3 aromatic rings. The summed E-state index contributed by atoms with van der Waals surface area (Å²) in [5.41, 5.74) is 5.77. The van der Waals surface area contributed by atoms with E-state index in [1.807, 2.05) is 80.6 Å². The lowest BCUT2D eigenvalue weighted by molar-refractivity contribution is -0.120. The van der Waals surface area contributed by atoms with E-state index in [2.05, 4.69) is 21.9 Å². The number of imide groups is 1. The van der Waals surface area contributed by atoms with E-state index in [0.29, 0.717) is 30.0 Å². The van der Waals surface area contributed by atoms with E-state index in [1.54, 1.807) is 0 Å². The zero-order chi connectivity index (χ0) is 22.9. The molecule has 0 bridgehead atoms. The molecule has 5 nitrogen and oxygen atoms in total. The molecule has 5 rings (SSSR count). The van der Waals surface area contributed by atoms with Gasteiger partial charge >= 0.3 is 0 Å². The van der Waals surface area contributed by atoms with Crippen LogP contribution in [0.3, 0.4) is 0 Å². The highest BCUT2D eigenvalue weighted by Crippen LogP contribution is 2.36. The average molecular weight is 438 g/mol. The van der Waals surface area contributed by atoms with Gasteiger partial charge in [0.25, 0.3) is 11.8 Å². The lowest BCUT2D eigenvalue weighted by Crippen LogP contribution is -2.47. The summed E-state index contributed by atoms with van der Waals surface area (Å²) in [7, 11) is 0. The zero-order valence-electron chi connectivity index (χ0n) is 19.0. The van der Waals surface area contributed by atoms with Gasteiger partial charge in [-0.3, -0.25) is 9.59 Å². The minimum atomic E-state index is -0.255. The van der Waals surface area contributed by atoms with Crippen LogP contribution >= 0.6 is 0 Å². The van der Waals surface area contributed by atoms with Crippen molar-refractivity contribution < 1.29 is 9.59 Å². The van der Waals surface area contributed by atoms with E-state index in [-0.39, 0.29) is 11.8 Å². The molecule has 2 aliphatic heterocycles. The molecular weight excluding hydrogens is 410 g/mol. The normalized spacial score (nSPS) is 16.7. The fraction of sp³-hybridized carbons (Fsp3) is 0.214. The largest absolute Gasteiger partial charge is 0.368 e. The van der Waals surface area contributed by atoms with Crippen LogP contribution in [0.4, 0.5) is 11.4 Å². The topological polar surface area (TPSA) is 43.9 Å². The lowest BCUT2D eigenvalue weighted by Gasteiger charge is -2.37. The van der Waals surface area contributed by atoms with Gasteiger partial charge in [-0.15, -0.1) is 0 Å². The van der Waals surface area contributed by atoms with Crippen molar-refractivity contribution in [2.75, 3.05) is 36.0 Å².